The fourth-order valence-corrected chi connectivity index (χ4v) is 1.69. The number of rotatable bonds is 5. The predicted octanol–water partition coefficient (Wildman–Crippen LogP) is 2.02. The van der Waals surface area contributed by atoms with Crippen LogP contribution in [0.1, 0.15) is 25.8 Å². The van der Waals surface area contributed by atoms with Crippen LogP contribution in [0.2, 0.25) is 0 Å². The third-order valence-corrected chi connectivity index (χ3v) is 3.18. The molecule has 1 rings (SSSR count). The van der Waals surface area contributed by atoms with E-state index in [1.807, 2.05) is 37.3 Å². The Morgan fingerprint density at radius 3 is 2.47 bits per heavy atom. The lowest BCUT2D eigenvalue weighted by Crippen LogP contribution is -2.45. The number of amides is 1. The summed E-state index contributed by atoms with van der Waals surface area (Å²) < 4.78 is 0. The molecule has 1 aromatic carbocycles. The van der Waals surface area contributed by atoms with Crippen LogP contribution in [0, 0.1) is 5.92 Å². The quantitative estimate of drug-likeness (QED) is 0.847. The van der Waals surface area contributed by atoms with Crippen molar-refractivity contribution >= 4 is 5.91 Å². The molecule has 1 aromatic rings. The highest BCUT2D eigenvalue weighted by Gasteiger charge is 2.22. The number of hydrogen-bond donors (Lipinski definition) is 1. The lowest BCUT2D eigenvalue weighted by atomic mass is 9.99. The molecule has 0 spiro atoms. The highest BCUT2D eigenvalue weighted by molar-refractivity contribution is 5.81. The monoisotopic (exact) mass is 234 g/mol. The van der Waals surface area contributed by atoms with Crippen LogP contribution >= 0.6 is 0 Å². The van der Waals surface area contributed by atoms with Crippen LogP contribution in [0.5, 0.6) is 0 Å². The first-order chi connectivity index (χ1) is 8.06. The average molecular weight is 234 g/mol. The van der Waals surface area contributed by atoms with Gasteiger partial charge >= 0.3 is 0 Å². The molecule has 0 aromatic heterocycles. The van der Waals surface area contributed by atoms with Gasteiger partial charge in [-0.3, -0.25) is 4.79 Å². The molecule has 3 heteroatoms. The maximum atomic E-state index is 12.0. The number of carbonyl (C=O) groups is 1. The third kappa shape index (κ3) is 3.86. The fraction of sp³-hybridized carbons (Fsp3) is 0.500. The largest absolute Gasteiger partial charge is 0.340 e. The van der Waals surface area contributed by atoms with Gasteiger partial charge in [0.25, 0.3) is 0 Å². The topological polar surface area (TPSA) is 46.3 Å². The van der Waals surface area contributed by atoms with Crippen LogP contribution in [0.25, 0.3) is 0 Å². The number of nitrogens with two attached hydrogens (primary N) is 1. The molecular weight excluding hydrogens is 212 g/mol. The number of likely N-dealkylation sites (N-methyl/N-ethyl adjacent to an activating group) is 1. The molecule has 17 heavy (non-hydrogen) atoms. The normalized spacial score (nSPS) is 14.1. The summed E-state index contributed by atoms with van der Waals surface area (Å²) in [5.41, 5.74) is 7.06. The summed E-state index contributed by atoms with van der Waals surface area (Å²) >= 11 is 0. The number of nitrogens with zero attached hydrogens (tertiary/aromatic N) is 1. The molecule has 0 aliphatic rings. The van der Waals surface area contributed by atoms with E-state index < -0.39 is 6.04 Å². The SMILES string of the molecule is CCC(C)C(N)C(=O)N(C)Cc1ccccc1. The molecule has 0 aliphatic heterocycles. The van der Waals surface area contributed by atoms with E-state index in [1.54, 1.807) is 11.9 Å². The van der Waals surface area contributed by atoms with Crippen molar-refractivity contribution < 1.29 is 4.79 Å². The molecule has 94 valence electrons. The van der Waals surface area contributed by atoms with Gasteiger partial charge in [-0.1, -0.05) is 50.6 Å². The number of benzene rings is 1. The van der Waals surface area contributed by atoms with Gasteiger partial charge in [0, 0.05) is 13.6 Å². The summed E-state index contributed by atoms with van der Waals surface area (Å²) in [6.45, 7) is 4.68. The van der Waals surface area contributed by atoms with Crippen LogP contribution in [0.15, 0.2) is 30.3 Å². The first-order valence-corrected chi connectivity index (χ1v) is 6.10. The van der Waals surface area contributed by atoms with Gasteiger partial charge in [-0.05, 0) is 11.5 Å². The Morgan fingerprint density at radius 2 is 1.94 bits per heavy atom. The molecule has 0 bridgehead atoms. The first-order valence-electron chi connectivity index (χ1n) is 6.10. The molecule has 0 fully saturated rings. The lowest BCUT2D eigenvalue weighted by molar-refractivity contribution is -0.132. The van der Waals surface area contributed by atoms with Crippen molar-refractivity contribution in [2.24, 2.45) is 11.7 Å². The lowest BCUT2D eigenvalue weighted by Gasteiger charge is -2.24. The zero-order valence-corrected chi connectivity index (χ0v) is 10.9. The molecule has 3 nitrogen and oxygen atoms in total. The second-order valence-corrected chi connectivity index (χ2v) is 4.59. The summed E-state index contributed by atoms with van der Waals surface area (Å²) in [5, 5.41) is 0. The fourth-order valence-electron chi connectivity index (χ4n) is 1.69. The van der Waals surface area contributed by atoms with E-state index in [1.165, 1.54) is 0 Å². The molecular formula is C14H22N2O. The second kappa shape index (κ2) is 6.40. The van der Waals surface area contributed by atoms with Crippen molar-refractivity contribution in [2.75, 3.05) is 7.05 Å². The first kappa shape index (κ1) is 13.7. The molecule has 2 N–H and O–H groups in total. The predicted molar refractivity (Wildman–Crippen MR) is 70.3 cm³/mol. The van der Waals surface area contributed by atoms with E-state index in [9.17, 15) is 4.79 Å². The maximum Gasteiger partial charge on any atom is 0.239 e. The van der Waals surface area contributed by atoms with E-state index in [-0.39, 0.29) is 11.8 Å². The van der Waals surface area contributed by atoms with Crippen LogP contribution < -0.4 is 5.73 Å². The molecule has 1 amide bonds. The van der Waals surface area contributed by atoms with Gasteiger partial charge in [-0.15, -0.1) is 0 Å². The van der Waals surface area contributed by atoms with Crippen molar-refractivity contribution in [3.63, 3.8) is 0 Å². The Kier molecular flexibility index (Phi) is 5.16. The van der Waals surface area contributed by atoms with Crippen LogP contribution in [0.3, 0.4) is 0 Å². The van der Waals surface area contributed by atoms with E-state index in [0.717, 1.165) is 12.0 Å². The number of carbonyl (C=O) groups excluding carboxylic acids is 1. The van der Waals surface area contributed by atoms with Crippen molar-refractivity contribution in [2.45, 2.75) is 32.9 Å². The summed E-state index contributed by atoms with van der Waals surface area (Å²) in [4.78, 5) is 13.7. The Morgan fingerprint density at radius 1 is 1.35 bits per heavy atom. The van der Waals surface area contributed by atoms with Gasteiger partial charge in [-0.2, -0.15) is 0 Å². The Labute approximate surface area is 104 Å². The van der Waals surface area contributed by atoms with Gasteiger partial charge in [0.05, 0.1) is 6.04 Å². The average Bonchev–Trinajstić information content (AvgIpc) is 2.37. The minimum absolute atomic E-state index is 0.0169. The van der Waals surface area contributed by atoms with Crippen molar-refractivity contribution in [1.82, 2.24) is 4.90 Å². The van der Waals surface area contributed by atoms with Crippen molar-refractivity contribution in [1.29, 1.82) is 0 Å². The highest BCUT2D eigenvalue weighted by atomic mass is 16.2. The number of hydrogen-bond acceptors (Lipinski definition) is 2. The Hall–Kier alpha value is -1.35. The Bertz CT molecular complexity index is 350. The minimum atomic E-state index is -0.395. The van der Waals surface area contributed by atoms with E-state index in [4.69, 9.17) is 5.73 Å². The van der Waals surface area contributed by atoms with Crippen LogP contribution in [0.4, 0.5) is 0 Å². The standard InChI is InChI=1S/C14H22N2O/c1-4-11(2)13(15)14(17)16(3)10-12-8-6-5-7-9-12/h5-9,11,13H,4,10,15H2,1-3H3. The van der Waals surface area contributed by atoms with E-state index >= 15 is 0 Å². The maximum absolute atomic E-state index is 12.0. The highest BCUT2D eigenvalue weighted by Crippen LogP contribution is 2.10. The van der Waals surface area contributed by atoms with Crippen LogP contribution in [-0.4, -0.2) is 23.9 Å². The van der Waals surface area contributed by atoms with Gasteiger partial charge in [0.15, 0.2) is 0 Å². The van der Waals surface area contributed by atoms with Gasteiger partial charge in [0.1, 0.15) is 0 Å². The second-order valence-electron chi connectivity index (χ2n) is 4.59. The summed E-state index contributed by atoms with van der Waals surface area (Å²) in [5.74, 6) is 0.240. The smallest absolute Gasteiger partial charge is 0.239 e. The molecule has 0 heterocycles. The summed E-state index contributed by atoms with van der Waals surface area (Å²) in [6, 6.07) is 9.55. The molecule has 2 unspecified atom stereocenters. The van der Waals surface area contributed by atoms with E-state index in [0.29, 0.717) is 6.54 Å². The zero-order valence-electron chi connectivity index (χ0n) is 10.9. The molecule has 0 saturated heterocycles. The summed E-state index contributed by atoms with van der Waals surface area (Å²) in [7, 11) is 1.80. The zero-order chi connectivity index (χ0) is 12.8. The van der Waals surface area contributed by atoms with E-state index in [2.05, 4.69) is 6.92 Å². The molecule has 2 atom stereocenters. The summed E-state index contributed by atoms with van der Waals surface area (Å²) in [6.07, 6.45) is 0.923. The van der Waals surface area contributed by atoms with Gasteiger partial charge < -0.3 is 10.6 Å². The molecule has 0 radical (unpaired) electrons. The Balaban J connectivity index is 2.58. The van der Waals surface area contributed by atoms with Crippen molar-refractivity contribution in [3.05, 3.63) is 35.9 Å². The molecule has 0 aliphatic carbocycles. The van der Waals surface area contributed by atoms with Gasteiger partial charge in [-0.25, -0.2) is 0 Å². The third-order valence-electron chi connectivity index (χ3n) is 3.18. The van der Waals surface area contributed by atoms with Crippen molar-refractivity contribution in [3.8, 4) is 0 Å². The minimum Gasteiger partial charge on any atom is -0.340 e. The van der Waals surface area contributed by atoms with Gasteiger partial charge in [0.2, 0.25) is 5.91 Å². The molecule has 0 saturated carbocycles. The van der Waals surface area contributed by atoms with Crippen LogP contribution in [-0.2, 0) is 11.3 Å².